The fourth-order valence-corrected chi connectivity index (χ4v) is 11.5. The zero-order valence-electron chi connectivity index (χ0n) is 28.3. The van der Waals surface area contributed by atoms with Crippen molar-refractivity contribution in [1.29, 1.82) is 0 Å². The van der Waals surface area contributed by atoms with Crippen molar-refractivity contribution in [2.75, 3.05) is 0 Å². The first kappa shape index (κ1) is 39.8. The summed E-state index contributed by atoms with van der Waals surface area (Å²) >= 11 is 0. The zero-order chi connectivity index (χ0) is 35.2. The van der Waals surface area contributed by atoms with Gasteiger partial charge in [-0.1, -0.05) is 194 Å². The van der Waals surface area contributed by atoms with Crippen molar-refractivity contribution in [1.82, 2.24) is 0 Å². The van der Waals surface area contributed by atoms with E-state index in [4.69, 9.17) is 0 Å². The third-order valence-corrected chi connectivity index (χ3v) is 13.6. The van der Waals surface area contributed by atoms with E-state index in [0.717, 1.165) is 0 Å². The molecular weight excluding hydrogens is 888 g/mol. The summed E-state index contributed by atoms with van der Waals surface area (Å²) in [6, 6.07) is 71.8. The van der Waals surface area contributed by atoms with Crippen molar-refractivity contribution < 1.29 is 43.8 Å². The van der Waals surface area contributed by atoms with Crippen LogP contribution in [0, 0.1) is 0 Å². The van der Waals surface area contributed by atoms with Gasteiger partial charge in [0.25, 0.3) is 0 Å². The Morgan fingerprint density at radius 1 is 0.321 bits per heavy atom. The van der Waals surface area contributed by atoms with Gasteiger partial charge in [0.05, 0.1) is 0 Å². The molecule has 0 saturated carbocycles. The van der Waals surface area contributed by atoms with Gasteiger partial charge in [-0.25, -0.2) is 0 Å². The van der Waals surface area contributed by atoms with Gasteiger partial charge in [-0.15, -0.1) is 0 Å². The minimum atomic E-state index is -6.00. The maximum Gasteiger partial charge on any atom is 0.673 e. The number of fused-ring (bicyclic) bond motifs is 2. The third kappa shape index (κ3) is 9.21. The van der Waals surface area contributed by atoms with Crippen LogP contribution in [0.4, 0.5) is 17.3 Å². The Balaban J connectivity index is 0.000000727. The van der Waals surface area contributed by atoms with Gasteiger partial charge in [-0.05, 0) is 80.3 Å². The van der Waals surface area contributed by atoms with Crippen LogP contribution in [0.3, 0.4) is 0 Å². The summed E-state index contributed by atoms with van der Waals surface area (Å²) in [6.45, 7) is 0. The topological polar surface area (TPSA) is 31.5 Å². The van der Waals surface area contributed by atoms with E-state index in [1.807, 2.05) is 0 Å². The molecule has 0 unspecified atom stereocenters. The van der Waals surface area contributed by atoms with Crippen LogP contribution in [-0.2, 0) is 21.1 Å². The van der Waals surface area contributed by atoms with E-state index < -0.39 is 23.1 Å². The monoisotopic (exact) mass is 922 g/mol. The maximum absolute atomic E-state index is 9.75. The predicted molar refractivity (Wildman–Crippen MR) is 218 cm³/mol. The number of rotatable bonds is 7. The standard InChI is InChI=1S/C44H32P2.BF4.H2O.Pt/c1-5-19-35(20-6-1)45(36-21-7-2-8-22-36)41-31-29-33-17-13-15-27-39(33)43(41)44-40-28-16-14-18-34(40)30-32-42(44)46(37-23-9-3-10-24-37)38-25-11-4-12-26-38;2-1(3,4)5;;/h1-32H;;1H2;/q;-1;;. The molecule has 8 aromatic rings. The molecule has 8 aromatic carbocycles. The van der Waals surface area contributed by atoms with Crippen molar-refractivity contribution in [3.8, 4) is 11.1 Å². The van der Waals surface area contributed by atoms with Crippen LogP contribution in [0.25, 0.3) is 32.7 Å². The minimum absolute atomic E-state index is 0. The van der Waals surface area contributed by atoms with E-state index in [1.165, 1.54) is 64.5 Å². The summed E-state index contributed by atoms with van der Waals surface area (Å²) in [5.74, 6) is 0. The first-order valence-corrected chi connectivity index (χ1v) is 19.3. The van der Waals surface area contributed by atoms with Crippen LogP contribution in [0.15, 0.2) is 194 Å². The normalized spacial score (nSPS) is 11.1. The SMILES string of the molecule is F[B-](F)(F)F.O.[Pt].c1ccc(P(c2ccccc2)c2ccc3ccccc3c2-c2c(P(c3ccccc3)c3ccccc3)ccc3ccccc23)cc1. The maximum atomic E-state index is 9.75. The molecule has 0 radical (unpaired) electrons. The minimum Gasteiger partial charge on any atom is -0.418 e. The van der Waals surface area contributed by atoms with E-state index in [0.29, 0.717) is 0 Å². The fourth-order valence-electron chi connectivity index (χ4n) is 6.58. The van der Waals surface area contributed by atoms with E-state index in [9.17, 15) is 17.3 Å². The summed E-state index contributed by atoms with van der Waals surface area (Å²) in [5.41, 5.74) is 2.70. The fraction of sp³-hybridized carbons (Fsp3) is 0. The summed E-state index contributed by atoms with van der Waals surface area (Å²) in [5, 5.41) is 13.3. The second-order valence-electron chi connectivity index (χ2n) is 11.9. The van der Waals surface area contributed by atoms with Crippen LogP contribution in [0.5, 0.6) is 0 Å². The Bertz CT molecular complexity index is 2130. The molecule has 53 heavy (non-hydrogen) atoms. The van der Waals surface area contributed by atoms with Gasteiger partial charge >= 0.3 is 7.25 Å². The van der Waals surface area contributed by atoms with E-state index in [2.05, 4.69) is 194 Å². The van der Waals surface area contributed by atoms with E-state index >= 15 is 0 Å². The Hall–Kier alpha value is -4.43. The van der Waals surface area contributed by atoms with Crippen molar-refractivity contribution in [3.05, 3.63) is 194 Å². The number of hydrogen-bond acceptors (Lipinski definition) is 0. The van der Waals surface area contributed by atoms with Crippen molar-refractivity contribution in [2.24, 2.45) is 0 Å². The van der Waals surface area contributed by atoms with Gasteiger partial charge < -0.3 is 22.7 Å². The van der Waals surface area contributed by atoms with Gasteiger partial charge in [-0.2, -0.15) is 0 Å². The molecule has 0 amide bonds. The number of halogens is 4. The van der Waals surface area contributed by atoms with Gasteiger partial charge in [0.1, 0.15) is 0 Å². The van der Waals surface area contributed by atoms with Crippen LogP contribution in [0.1, 0.15) is 0 Å². The quantitative estimate of drug-likeness (QED) is 0.0868. The molecule has 0 atom stereocenters. The molecular formula is C44H34BF4OP2Pt-. The van der Waals surface area contributed by atoms with Gasteiger partial charge in [0.2, 0.25) is 0 Å². The first-order valence-electron chi connectivity index (χ1n) is 16.6. The van der Waals surface area contributed by atoms with Gasteiger partial charge in [-0.3, -0.25) is 0 Å². The summed E-state index contributed by atoms with van der Waals surface area (Å²) < 4.78 is 39.0. The molecule has 8 rings (SSSR count). The van der Waals surface area contributed by atoms with Gasteiger partial charge in [0, 0.05) is 21.1 Å². The second kappa shape index (κ2) is 18.1. The van der Waals surface area contributed by atoms with Gasteiger partial charge in [0.15, 0.2) is 0 Å². The van der Waals surface area contributed by atoms with E-state index in [-0.39, 0.29) is 26.5 Å². The molecule has 0 spiro atoms. The van der Waals surface area contributed by atoms with Crippen LogP contribution in [-0.4, -0.2) is 12.7 Å². The van der Waals surface area contributed by atoms with Crippen molar-refractivity contribution >= 4 is 76.5 Å². The summed E-state index contributed by atoms with van der Waals surface area (Å²) in [6.07, 6.45) is 0. The van der Waals surface area contributed by atoms with Crippen molar-refractivity contribution in [2.45, 2.75) is 0 Å². The Morgan fingerprint density at radius 3 is 0.849 bits per heavy atom. The Morgan fingerprint density at radius 2 is 0.566 bits per heavy atom. The number of hydrogen-bond donors (Lipinski definition) is 0. The molecule has 9 heteroatoms. The average molecular weight is 923 g/mol. The smallest absolute Gasteiger partial charge is 0.418 e. The molecule has 0 aliphatic heterocycles. The molecule has 2 N–H and O–H groups in total. The Labute approximate surface area is 323 Å². The largest absolute Gasteiger partial charge is 0.673 e. The molecule has 1 nitrogen and oxygen atoms in total. The second-order valence-corrected chi connectivity index (χ2v) is 16.2. The predicted octanol–water partition coefficient (Wildman–Crippen LogP) is 9.65. The molecule has 0 saturated heterocycles. The molecule has 0 aliphatic rings. The molecule has 0 aliphatic carbocycles. The van der Waals surface area contributed by atoms with Crippen LogP contribution in [0.2, 0.25) is 0 Å². The molecule has 0 heterocycles. The molecule has 0 bridgehead atoms. The summed E-state index contributed by atoms with van der Waals surface area (Å²) in [7, 11) is -7.70. The van der Waals surface area contributed by atoms with Crippen LogP contribution < -0.4 is 31.8 Å². The average Bonchev–Trinajstić information content (AvgIpc) is 3.16. The third-order valence-electron chi connectivity index (χ3n) is 8.60. The Kier molecular flexibility index (Phi) is 13.6. The first-order chi connectivity index (χ1) is 24.9. The number of benzene rings is 8. The molecule has 0 fully saturated rings. The van der Waals surface area contributed by atoms with E-state index in [1.54, 1.807) is 0 Å². The summed E-state index contributed by atoms with van der Waals surface area (Å²) in [4.78, 5) is 0. The zero-order valence-corrected chi connectivity index (χ0v) is 32.3. The van der Waals surface area contributed by atoms with Crippen molar-refractivity contribution in [3.63, 3.8) is 0 Å². The van der Waals surface area contributed by atoms with Crippen LogP contribution >= 0.6 is 15.8 Å². The molecule has 0 aromatic heterocycles. The molecule has 268 valence electrons.